The van der Waals surface area contributed by atoms with Crippen molar-refractivity contribution in [2.45, 2.75) is 20.3 Å². The van der Waals surface area contributed by atoms with Crippen LogP contribution in [0.25, 0.3) is 10.2 Å². The zero-order valence-electron chi connectivity index (χ0n) is 11.5. The summed E-state index contributed by atoms with van der Waals surface area (Å²) >= 11 is 1.63. The molecule has 0 aliphatic carbocycles. The highest BCUT2D eigenvalue weighted by atomic mass is 32.1. The van der Waals surface area contributed by atoms with Gasteiger partial charge >= 0.3 is 0 Å². The molecule has 102 valence electrons. The third-order valence-corrected chi connectivity index (χ3v) is 4.08. The monoisotopic (exact) mass is 284 g/mol. The number of nitrogens with two attached hydrogens (primary N) is 1. The van der Waals surface area contributed by atoms with Crippen LogP contribution in [0.3, 0.4) is 0 Å². The van der Waals surface area contributed by atoms with Gasteiger partial charge in [-0.1, -0.05) is 19.1 Å². The fraction of sp³-hybridized carbons (Fsp3) is 0.200. The van der Waals surface area contributed by atoms with Crippen LogP contribution in [0.1, 0.15) is 17.4 Å². The molecule has 0 bridgehead atoms. The van der Waals surface area contributed by atoms with E-state index in [1.165, 1.54) is 10.4 Å². The molecular weight excluding hydrogens is 268 g/mol. The van der Waals surface area contributed by atoms with E-state index < -0.39 is 0 Å². The normalized spacial score (nSPS) is 10.9. The molecule has 2 heterocycles. The van der Waals surface area contributed by atoms with Crippen LogP contribution in [-0.4, -0.2) is 9.97 Å². The van der Waals surface area contributed by atoms with Crippen LogP contribution in [0.15, 0.2) is 30.3 Å². The topological polar surface area (TPSA) is 63.8 Å². The summed E-state index contributed by atoms with van der Waals surface area (Å²) in [5.41, 5.74) is 8.10. The molecule has 0 fully saturated rings. The van der Waals surface area contributed by atoms with Crippen LogP contribution in [0.4, 0.5) is 17.5 Å². The molecule has 0 aliphatic heterocycles. The van der Waals surface area contributed by atoms with E-state index in [2.05, 4.69) is 47.3 Å². The number of thiophene rings is 1. The van der Waals surface area contributed by atoms with Gasteiger partial charge in [0.25, 0.3) is 0 Å². The first-order valence-electron chi connectivity index (χ1n) is 6.55. The Balaban J connectivity index is 2.05. The molecule has 0 atom stereocenters. The summed E-state index contributed by atoms with van der Waals surface area (Å²) in [6.45, 7) is 4.20. The maximum absolute atomic E-state index is 5.79. The second-order valence-corrected chi connectivity index (χ2v) is 5.92. The zero-order valence-corrected chi connectivity index (χ0v) is 12.3. The minimum atomic E-state index is 0.300. The molecule has 0 saturated heterocycles. The van der Waals surface area contributed by atoms with Crippen molar-refractivity contribution < 1.29 is 0 Å². The maximum Gasteiger partial charge on any atom is 0.223 e. The summed E-state index contributed by atoms with van der Waals surface area (Å²) < 4.78 is 0. The van der Waals surface area contributed by atoms with Gasteiger partial charge in [-0.05, 0) is 37.1 Å². The van der Waals surface area contributed by atoms with E-state index in [-0.39, 0.29) is 0 Å². The fourth-order valence-electron chi connectivity index (χ4n) is 2.16. The Morgan fingerprint density at radius 3 is 2.90 bits per heavy atom. The molecule has 0 radical (unpaired) electrons. The summed E-state index contributed by atoms with van der Waals surface area (Å²) in [4.78, 5) is 10.7. The third kappa shape index (κ3) is 2.44. The van der Waals surface area contributed by atoms with Crippen molar-refractivity contribution in [1.29, 1.82) is 0 Å². The van der Waals surface area contributed by atoms with Gasteiger partial charge in [0.1, 0.15) is 10.6 Å². The van der Waals surface area contributed by atoms with Crippen LogP contribution < -0.4 is 11.1 Å². The van der Waals surface area contributed by atoms with Gasteiger partial charge in [-0.25, -0.2) is 4.98 Å². The maximum atomic E-state index is 5.79. The predicted octanol–water partition coefficient (Wildman–Crippen LogP) is 3.89. The Morgan fingerprint density at radius 2 is 2.10 bits per heavy atom. The lowest BCUT2D eigenvalue weighted by atomic mass is 10.1. The van der Waals surface area contributed by atoms with E-state index in [9.17, 15) is 0 Å². The summed E-state index contributed by atoms with van der Waals surface area (Å²) in [5, 5.41) is 4.37. The lowest BCUT2D eigenvalue weighted by Crippen LogP contribution is -2.00. The average molecular weight is 284 g/mol. The standard InChI is InChI=1S/C15H16N4S/c1-3-10-5-4-6-11(8-10)17-13-12-7-9(2)20-14(12)19-15(16)18-13/h4-8H,3H2,1-2H3,(H3,16,17,18,19). The SMILES string of the molecule is CCc1cccc(Nc2nc(N)nc3sc(C)cc23)c1. The number of rotatable bonds is 3. The van der Waals surface area contributed by atoms with Gasteiger partial charge in [0.2, 0.25) is 5.95 Å². The number of nitrogens with zero attached hydrogens (tertiary/aromatic N) is 2. The first-order chi connectivity index (χ1) is 9.65. The molecule has 20 heavy (non-hydrogen) atoms. The number of aromatic nitrogens is 2. The van der Waals surface area contributed by atoms with Gasteiger partial charge in [0, 0.05) is 10.6 Å². The number of anilines is 3. The molecule has 0 aliphatic rings. The Kier molecular flexibility index (Phi) is 3.28. The molecule has 0 amide bonds. The van der Waals surface area contributed by atoms with Crippen molar-refractivity contribution in [3.63, 3.8) is 0 Å². The zero-order chi connectivity index (χ0) is 14.1. The van der Waals surface area contributed by atoms with E-state index in [1.54, 1.807) is 11.3 Å². The van der Waals surface area contributed by atoms with Gasteiger partial charge in [-0.2, -0.15) is 4.98 Å². The Bertz CT molecular complexity index is 764. The highest BCUT2D eigenvalue weighted by molar-refractivity contribution is 7.18. The fourth-order valence-corrected chi connectivity index (χ4v) is 3.05. The molecule has 0 unspecified atom stereocenters. The molecule has 2 aromatic heterocycles. The number of hydrogen-bond donors (Lipinski definition) is 2. The van der Waals surface area contributed by atoms with Gasteiger partial charge in [0.05, 0.1) is 5.39 Å². The molecular formula is C15H16N4S. The van der Waals surface area contributed by atoms with Crippen LogP contribution >= 0.6 is 11.3 Å². The molecule has 3 N–H and O–H groups in total. The minimum absolute atomic E-state index is 0.300. The second-order valence-electron chi connectivity index (χ2n) is 4.69. The summed E-state index contributed by atoms with van der Waals surface area (Å²) in [7, 11) is 0. The Hall–Kier alpha value is -2.14. The number of fused-ring (bicyclic) bond motifs is 1. The van der Waals surface area contributed by atoms with Crippen molar-refractivity contribution in [2.75, 3.05) is 11.1 Å². The highest BCUT2D eigenvalue weighted by Crippen LogP contribution is 2.30. The largest absolute Gasteiger partial charge is 0.368 e. The molecule has 0 spiro atoms. The first kappa shape index (κ1) is 12.9. The summed E-state index contributed by atoms with van der Waals surface area (Å²) in [5.74, 6) is 1.07. The number of nitrogen functional groups attached to an aromatic ring is 1. The van der Waals surface area contributed by atoms with Crippen LogP contribution in [-0.2, 0) is 6.42 Å². The van der Waals surface area contributed by atoms with Crippen molar-refractivity contribution in [3.05, 3.63) is 40.8 Å². The van der Waals surface area contributed by atoms with E-state index in [1.807, 2.05) is 12.1 Å². The Labute approximate surface area is 121 Å². The van der Waals surface area contributed by atoms with Crippen LogP contribution in [0.2, 0.25) is 0 Å². The quantitative estimate of drug-likeness (QED) is 0.766. The van der Waals surface area contributed by atoms with Gasteiger partial charge < -0.3 is 11.1 Å². The number of nitrogens with one attached hydrogen (secondary N) is 1. The van der Waals surface area contributed by atoms with Crippen molar-refractivity contribution in [1.82, 2.24) is 9.97 Å². The molecule has 0 saturated carbocycles. The first-order valence-corrected chi connectivity index (χ1v) is 7.37. The smallest absolute Gasteiger partial charge is 0.223 e. The van der Waals surface area contributed by atoms with Crippen LogP contribution in [0.5, 0.6) is 0 Å². The summed E-state index contributed by atoms with van der Waals surface area (Å²) in [6, 6.07) is 10.4. The molecule has 3 rings (SSSR count). The minimum Gasteiger partial charge on any atom is -0.368 e. The molecule has 3 aromatic rings. The molecule has 5 heteroatoms. The van der Waals surface area contributed by atoms with Crippen molar-refractivity contribution >= 4 is 39.0 Å². The molecule has 4 nitrogen and oxygen atoms in total. The van der Waals surface area contributed by atoms with Crippen molar-refractivity contribution in [3.8, 4) is 0 Å². The van der Waals surface area contributed by atoms with Gasteiger partial charge in [-0.3, -0.25) is 0 Å². The van der Waals surface area contributed by atoms with Crippen molar-refractivity contribution in [2.24, 2.45) is 0 Å². The second kappa shape index (κ2) is 5.09. The van der Waals surface area contributed by atoms with E-state index >= 15 is 0 Å². The number of benzene rings is 1. The van der Waals surface area contributed by atoms with Gasteiger partial charge in [0.15, 0.2) is 0 Å². The number of aryl methyl sites for hydroxylation is 2. The third-order valence-electron chi connectivity index (χ3n) is 3.13. The number of hydrogen-bond acceptors (Lipinski definition) is 5. The van der Waals surface area contributed by atoms with E-state index in [4.69, 9.17) is 5.73 Å². The lowest BCUT2D eigenvalue weighted by molar-refractivity contribution is 1.14. The predicted molar refractivity (Wildman–Crippen MR) is 85.7 cm³/mol. The highest BCUT2D eigenvalue weighted by Gasteiger charge is 2.09. The average Bonchev–Trinajstić information content (AvgIpc) is 2.79. The summed E-state index contributed by atoms with van der Waals surface area (Å²) in [6.07, 6.45) is 1.01. The van der Waals surface area contributed by atoms with E-state index in [0.717, 1.165) is 28.1 Å². The van der Waals surface area contributed by atoms with E-state index in [0.29, 0.717) is 5.95 Å². The molecule has 1 aromatic carbocycles. The van der Waals surface area contributed by atoms with Gasteiger partial charge in [-0.15, -0.1) is 11.3 Å². The Morgan fingerprint density at radius 1 is 1.25 bits per heavy atom. The lowest BCUT2D eigenvalue weighted by Gasteiger charge is -2.08. The van der Waals surface area contributed by atoms with Crippen LogP contribution in [0, 0.1) is 6.92 Å².